The molecule has 0 saturated heterocycles. The Morgan fingerprint density at radius 2 is 2.00 bits per heavy atom. The summed E-state index contributed by atoms with van der Waals surface area (Å²) >= 11 is 0. The van der Waals surface area contributed by atoms with Gasteiger partial charge in [-0.25, -0.2) is 0 Å². The molecule has 1 unspecified atom stereocenters. The molecule has 18 heavy (non-hydrogen) atoms. The number of hydrogen-bond donors (Lipinski definition) is 1. The van der Waals surface area contributed by atoms with Crippen molar-refractivity contribution in [3.05, 3.63) is 35.4 Å². The molecule has 0 radical (unpaired) electrons. The summed E-state index contributed by atoms with van der Waals surface area (Å²) in [7, 11) is 0. The van der Waals surface area contributed by atoms with E-state index in [1.54, 1.807) is 6.92 Å². The average Bonchev–Trinajstić information content (AvgIpc) is 2.36. The highest BCUT2D eigenvalue weighted by Crippen LogP contribution is 2.20. The Bertz CT molecular complexity index is 471. The van der Waals surface area contributed by atoms with Gasteiger partial charge in [0.05, 0.1) is 0 Å². The molecule has 4 heteroatoms. The lowest BCUT2D eigenvalue weighted by Crippen LogP contribution is -2.40. The first-order valence-electron chi connectivity index (χ1n) is 6.22. The van der Waals surface area contributed by atoms with E-state index in [0.717, 1.165) is 13.0 Å². The molecule has 1 aliphatic rings. The highest BCUT2D eigenvalue weighted by Gasteiger charge is 2.25. The van der Waals surface area contributed by atoms with Gasteiger partial charge in [0, 0.05) is 25.4 Å². The highest BCUT2D eigenvalue weighted by atomic mass is 16.2. The standard InChI is InChI=1S/C14H18N2O2/c1-10(8-13(15)17)14(18)16-7-6-11-4-2-3-5-12(11)9-16/h2-5,10H,6-9H2,1H3,(H2,15,17). The van der Waals surface area contributed by atoms with Crippen molar-refractivity contribution >= 4 is 11.8 Å². The van der Waals surface area contributed by atoms with Crippen LogP contribution in [0.15, 0.2) is 24.3 Å². The molecule has 0 aromatic heterocycles. The fourth-order valence-corrected chi connectivity index (χ4v) is 2.38. The number of nitrogens with two attached hydrogens (primary N) is 1. The molecule has 0 spiro atoms. The third-order valence-electron chi connectivity index (χ3n) is 3.37. The Balaban J connectivity index is 2.04. The number of amides is 2. The zero-order valence-electron chi connectivity index (χ0n) is 10.6. The normalized spacial score (nSPS) is 15.9. The predicted octanol–water partition coefficient (Wildman–Crippen LogP) is 1.08. The number of hydrogen-bond acceptors (Lipinski definition) is 2. The smallest absolute Gasteiger partial charge is 0.226 e. The van der Waals surface area contributed by atoms with E-state index in [1.165, 1.54) is 11.1 Å². The van der Waals surface area contributed by atoms with Gasteiger partial charge in [-0.2, -0.15) is 0 Å². The molecule has 1 atom stereocenters. The van der Waals surface area contributed by atoms with Crippen molar-refractivity contribution < 1.29 is 9.59 Å². The van der Waals surface area contributed by atoms with Gasteiger partial charge in [-0.15, -0.1) is 0 Å². The van der Waals surface area contributed by atoms with Gasteiger partial charge in [-0.3, -0.25) is 9.59 Å². The highest BCUT2D eigenvalue weighted by molar-refractivity contribution is 5.85. The quantitative estimate of drug-likeness (QED) is 0.867. The summed E-state index contributed by atoms with van der Waals surface area (Å²) in [5.41, 5.74) is 7.63. The van der Waals surface area contributed by atoms with Crippen LogP contribution in [0.25, 0.3) is 0 Å². The van der Waals surface area contributed by atoms with Crippen molar-refractivity contribution in [3.63, 3.8) is 0 Å². The van der Waals surface area contributed by atoms with Crippen LogP contribution >= 0.6 is 0 Å². The zero-order chi connectivity index (χ0) is 13.1. The topological polar surface area (TPSA) is 63.4 Å². The first-order valence-corrected chi connectivity index (χ1v) is 6.22. The van der Waals surface area contributed by atoms with Gasteiger partial charge in [-0.05, 0) is 17.5 Å². The molecule has 1 aliphatic heterocycles. The van der Waals surface area contributed by atoms with Crippen LogP contribution in [0.5, 0.6) is 0 Å². The summed E-state index contributed by atoms with van der Waals surface area (Å²) in [4.78, 5) is 24.8. The number of carbonyl (C=O) groups excluding carboxylic acids is 2. The van der Waals surface area contributed by atoms with E-state index in [9.17, 15) is 9.59 Å². The zero-order valence-corrected chi connectivity index (χ0v) is 10.6. The van der Waals surface area contributed by atoms with Crippen LogP contribution in [-0.4, -0.2) is 23.3 Å². The Kier molecular flexibility index (Phi) is 3.65. The van der Waals surface area contributed by atoms with Gasteiger partial charge in [0.25, 0.3) is 0 Å². The summed E-state index contributed by atoms with van der Waals surface area (Å²) in [5.74, 6) is -0.732. The summed E-state index contributed by atoms with van der Waals surface area (Å²) in [5, 5.41) is 0. The predicted molar refractivity (Wildman–Crippen MR) is 68.5 cm³/mol. The van der Waals surface area contributed by atoms with E-state index in [-0.39, 0.29) is 18.2 Å². The van der Waals surface area contributed by atoms with Gasteiger partial charge in [0.1, 0.15) is 0 Å². The largest absolute Gasteiger partial charge is 0.370 e. The molecule has 0 aliphatic carbocycles. The summed E-state index contributed by atoms with van der Waals surface area (Å²) in [6.45, 7) is 3.12. The maximum absolute atomic E-state index is 12.2. The lowest BCUT2D eigenvalue weighted by atomic mass is 9.98. The summed E-state index contributed by atoms with van der Waals surface area (Å²) in [6.07, 6.45) is 1.00. The van der Waals surface area contributed by atoms with Crippen molar-refractivity contribution in [2.24, 2.45) is 11.7 Å². The second-order valence-corrected chi connectivity index (χ2v) is 4.85. The maximum Gasteiger partial charge on any atom is 0.226 e. The maximum atomic E-state index is 12.2. The summed E-state index contributed by atoms with van der Waals surface area (Å²) < 4.78 is 0. The Hall–Kier alpha value is -1.84. The van der Waals surface area contributed by atoms with E-state index >= 15 is 0 Å². The Labute approximate surface area is 107 Å². The van der Waals surface area contributed by atoms with Crippen LogP contribution in [-0.2, 0) is 22.6 Å². The lowest BCUT2D eigenvalue weighted by Gasteiger charge is -2.30. The molecule has 1 aromatic rings. The molecule has 1 aromatic carbocycles. The van der Waals surface area contributed by atoms with Gasteiger partial charge in [0.15, 0.2) is 0 Å². The van der Waals surface area contributed by atoms with E-state index in [1.807, 2.05) is 23.1 Å². The van der Waals surface area contributed by atoms with Crippen LogP contribution in [0.1, 0.15) is 24.5 Å². The SMILES string of the molecule is CC(CC(N)=O)C(=O)N1CCc2ccccc2C1. The molecular formula is C14H18N2O2. The molecule has 2 N–H and O–H groups in total. The second kappa shape index (κ2) is 5.21. The molecule has 4 nitrogen and oxygen atoms in total. The van der Waals surface area contributed by atoms with Crippen LogP contribution in [0.3, 0.4) is 0 Å². The first-order chi connectivity index (χ1) is 8.58. The number of nitrogens with zero attached hydrogens (tertiary/aromatic N) is 1. The molecular weight excluding hydrogens is 228 g/mol. The fourth-order valence-electron chi connectivity index (χ4n) is 2.38. The molecule has 2 rings (SSSR count). The van der Waals surface area contributed by atoms with Crippen molar-refractivity contribution in [2.45, 2.75) is 26.3 Å². The van der Waals surface area contributed by atoms with E-state index < -0.39 is 5.91 Å². The number of rotatable bonds is 3. The van der Waals surface area contributed by atoms with Crippen LogP contribution in [0.4, 0.5) is 0 Å². The minimum Gasteiger partial charge on any atom is -0.370 e. The molecule has 1 heterocycles. The molecule has 0 bridgehead atoms. The monoisotopic (exact) mass is 246 g/mol. The molecule has 0 fully saturated rings. The number of primary amides is 1. The Morgan fingerprint density at radius 3 is 2.67 bits per heavy atom. The van der Waals surface area contributed by atoms with Crippen molar-refractivity contribution in [1.29, 1.82) is 0 Å². The second-order valence-electron chi connectivity index (χ2n) is 4.85. The molecule has 96 valence electrons. The van der Waals surface area contributed by atoms with Crippen LogP contribution in [0, 0.1) is 5.92 Å². The van der Waals surface area contributed by atoms with Crippen LogP contribution < -0.4 is 5.73 Å². The van der Waals surface area contributed by atoms with Crippen molar-refractivity contribution in [2.75, 3.05) is 6.54 Å². The minimum absolute atomic E-state index is 0.0169. The first kappa shape index (κ1) is 12.6. The average molecular weight is 246 g/mol. The van der Waals surface area contributed by atoms with E-state index in [2.05, 4.69) is 6.07 Å². The van der Waals surface area contributed by atoms with Crippen molar-refractivity contribution in [1.82, 2.24) is 4.90 Å². The molecule has 0 saturated carbocycles. The van der Waals surface area contributed by atoms with E-state index in [4.69, 9.17) is 5.73 Å². The van der Waals surface area contributed by atoms with Gasteiger partial charge >= 0.3 is 0 Å². The van der Waals surface area contributed by atoms with Gasteiger partial charge < -0.3 is 10.6 Å². The van der Waals surface area contributed by atoms with Gasteiger partial charge in [-0.1, -0.05) is 31.2 Å². The Morgan fingerprint density at radius 1 is 1.33 bits per heavy atom. The number of benzene rings is 1. The van der Waals surface area contributed by atoms with Crippen LogP contribution in [0.2, 0.25) is 0 Å². The van der Waals surface area contributed by atoms with E-state index in [0.29, 0.717) is 6.54 Å². The minimum atomic E-state index is -0.423. The number of fused-ring (bicyclic) bond motifs is 1. The fraction of sp³-hybridized carbons (Fsp3) is 0.429. The number of carbonyl (C=O) groups is 2. The third kappa shape index (κ3) is 2.70. The van der Waals surface area contributed by atoms with Gasteiger partial charge in [0.2, 0.25) is 11.8 Å². The lowest BCUT2D eigenvalue weighted by molar-refractivity contribution is -0.138. The van der Waals surface area contributed by atoms with Crippen molar-refractivity contribution in [3.8, 4) is 0 Å². The summed E-state index contributed by atoms with van der Waals surface area (Å²) in [6, 6.07) is 8.16. The third-order valence-corrected chi connectivity index (χ3v) is 3.37. The molecule has 2 amide bonds.